The van der Waals surface area contributed by atoms with Gasteiger partial charge in [-0.3, -0.25) is 4.99 Å². The number of aliphatic imine (C=N–C) groups is 1. The normalized spacial score (nSPS) is 15.7. The maximum Gasteiger partial charge on any atom is 0.193 e. The Morgan fingerprint density at radius 3 is 2.80 bits per heavy atom. The Morgan fingerprint density at radius 2 is 2.16 bits per heavy atom. The molecule has 0 saturated carbocycles. The highest BCUT2D eigenvalue weighted by Crippen LogP contribution is 2.18. The number of rotatable bonds is 8. The van der Waals surface area contributed by atoms with E-state index in [9.17, 15) is 0 Å². The van der Waals surface area contributed by atoms with E-state index >= 15 is 0 Å². The number of nitrogens with one attached hydrogen (secondary N) is 1. The zero-order valence-corrected chi connectivity index (χ0v) is 18.9. The van der Waals surface area contributed by atoms with Crippen molar-refractivity contribution in [3.05, 3.63) is 16.1 Å². The van der Waals surface area contributed by atoms with Crippen molar-refractivity contribution in [2.75, 3.05) is 39.9 Å². The van der Waals surface area contributed by atoms with Crippen LogP contribution in [0.25, 0.3) is 0 Å². The highest BCUT2D eigenvalue weighted by Gasteiger charge is 2.15. The van der Waals surface area contributed by atoms with Crippen molar-refractivity contribution < 1.29 is 4.74 Å². The first-order valence-corrected chi connectivity index (χ1v) is 10.1. The van der Waals surface area contributed by atoms with E-state index in [1.807, 2.05) is 0 Å². The van der Waals surface area contributed by atoms with Crippen molar-refractivity contribution in [3.63, 3.8) is 0 Å². The molecule has 0 spiro atoms. The van der Waals surface area contributed by atoms with Gasteiger partial charge in [0, 0.05) is 51.7 Å². The number of hydrogen-bond donors (Lipinski definition) is 1. The van der Waals surface area contributed by atoms with Crippen molar-refractivity contribution in [2.24, 2.45) is 10.9 Å². The molecule has 0 atom stereocenters. The minimum Gasteiger partial charge on any atom is -0.381 e. The van der Waals surface area contributed by atoms with Crippen LogP contribution in [0.4, 0.5) is 0 Å². The van der Waals surface area contributed by atoms with Crippen LogP contribution in [-0.4, -0.2) is 55.7 Å². The average Bonchev–Trinajstić information content (AvgIpc) is 3.08. The van der Waals surface area contributed by atoms with E-state index in [4.69, 9.17) is 9.73 Å². The Hall–Kier alpha value is -0.410. The van der Waals surface area contributed by atoms with E-state index in [1.165, 1.54) is 30.0 Å². The second-order valence-electron chi connectivity index (χ2n) is 6.34. The predicted molar refractivity (Wildman–Crippen MR) is 117 cm³/mol. The Morgan fingerprint density at radius 1 is 1.40 bits per heavy atom. The number of halogens is 1. The molecule has 1 aromatic rings. The van der Waals surface area contributed by atoms with Crippen LogP contribution in [0.2, 0.25) is 0 Å². The lowest BCUT2D eigenvalue weighted by molar-refractivity contribution is 0.0625. The van der Waals surface area contributed by atoms with Gasteiger partial charge in [-0.2, -0.15) is 0 Å². The third-order valence-corrected chi connectivity index (χ3v) is 5.48. The lowest BCUT2D eigenvalue weighted by Gasteiger charge is -2.26. The molecule has 5 nitrogen and oxygen atoms in total. The van der Waals surface area contributed by atoms with Crippen LogP contribution < -0.4 is 5.32 Å². The van der Waals surface area contributed by atoms with Gasteiger partial charge >= 0.3 is 0 Å². The molecule has 0 aromatic carbocycles. The van der Waals surface area contributed by atoms with E-state index < -0.39 is 0 Å². The van der Waals surface area contributed by atoms with Gasteiger partial charge in [0.25, 0.3) is 0 Å². The van der Waals surface area contributed by atoms with E-state index in [0.29, 0.717) is 0 Å². The summed E-state index contributed by atoms with van der Waals surface area (Å²) in [6, 6.07) is 0. The summed E-state index contributed by atoms with van der Waals surface area (Å²) in [5.74, 6) is 1.81. The molecule has 0 unspecified atom stereocenters. The van der Waals surface area contributed by atoms with Crippen molar-refractivity contribution in [1.82, 2.24) is 15.2 Å². The van der Waals surface area contributed by atoms with Crippen molar-refractivity contribution in [1.29, 1.82) is 0 Å². The van der Waals surface area contributed by atoms with E-state index in [0.717, 1.165) is 57.6 Å². The number of thiazole rings is 1. The summed E-state index contributed by atoms with van der Waals surface area (Å²) in [7, 11) is 2.14. The van der Waals surface area contributed by atoms with E-state index in [2.05, 4.69) is 41.5 Å². The molecule has 1 saturated heterocycles. The number of ether oxygens (including phenoxy) is 1. The molecule has 0 amide bonds. The Bertz CT molecular complexity index is 503. The molecule has 2 rings (SSSR count). The number of aryl methyl sites for hydroxylation is 1. The molecule has 0 bridgehead atoms. The standard InChI is InChI=1S/C18H32N4OS.HI/c1-4-17-21-16(14-24-17)6-10-20-18(19-5-2)22(3)11-7-15-8-12-23-13-9-15;/h14-15H,4-13H2,1-3H3,(H,19,20);1H. The summed E-state index contributed by atoms with van der Waals surface area (Å²) in [5, 5.41) is 6.79. The molecule has 2 heterocycles. The topological polar surface area (TPSA) is 49.8 Å². The second kappa shape index (κ2) is 12.9. The highest BCUT2D eigenvalue weighted by atomic mass is 127. The third kappa shape index (κ3) is 8.21. The van der Waals surface area contributed by atoms with Crippen LogP contribution in [0.3, 0.4) is 0 Å². The molecule has 0 aliphatic carbocycles. The first kappa shape index (κ1) is 22.6. The zero-order chi connectivity index (χ0) is 17.2. The van der Waals surface area contributed by atoms with Crippen LogP contribution in [0.5, 0.6) is 0 Å². The summed E-state index contributed by atoms with van der Waals surface area (Å²) in [6.07, 6.45) is 5.55. The van der Waals surface area contributed by atoms with Crippen molar-refractivity contribution >= 4 is 41.3 Å². The van der Waals surface area contributed by atoms with E-state index in [-0.39, 0.29) is 24.0 Å². The molecule has 7 heteroatoms. The van der Waals surface area contributed by atoms with Gasteiger partial charge in [-0.05, 0) is 38.5 Å². The Kier molecular flexibility index (Phi) is 11.6. The minimum absolute atomic E-state index is 0. The molecule has 25 heavy (non-hydrogen) atoms. The number of guanidine groups is 1. The summed E-state index contributed by atoms with van der Waals surface area (Å²) in [6.45, 7) is 8.86. The molecule has 1 N–H and O–H groups in total. The molecular weight excluding hydrogens is 447 g/mol. The molecule has 144 valence electrons. The monoisotopic (exact) mass is 480 g/mol. The fourth-order valence-electron chi connectivity index (χ4n) is 2.89. The first-order valence-electron chi connectivity index (χ1n) is 9.23. The largest absolute Gasteiger partial charge is 0.381 e. The summed E-state index contributed by atoms with van der Waals surface area (Å²) in [5.41, 5.74) is 1.17. The summed E-state index contributed by atoms with van der Waals surface area (Å²) >= 11 is 1.75. The van der Waals surface area contributed by atoms with Crippen LogP contribution in [0.1, 0.15) is 43.8 Å². The SMILES string of the molecule is CCNC(=NCCc1csc(CC)n1)N(C)CCC1CCOCC1.I. The van der Waals surface area contributed by atoms with E-state index in [1.54, 1.807) is 11.3 Å². The van der Waals surface area contributed by atoms with Crippen LogP contribution in [0.15, 0.2) is 10.4 Å². The smallest absolute Gasteiger partial charge is 0.193 e. The number of aromatic nitrogens is 1. The van der Waals surface area contributed by atoms with Crippen LogP contribution in [0, 0.1) is 5.92 Å². The predicted octanol–water partition coefficient (Wildman–Crippen LogP) is 3.58. The molecule has 1 aliphatic rings. The lowest BCUT2D eigenvalue weighted by Crippen LogP contribution is -2.40. The van der Waals surface area contributed by atoms with Gasteiger partial charge in [-0.1, -0.05) is 6.92 Å². The van der Waals surface area contributed by atoms with Gasteiger partial charge in [0.1, 0.15) is 0 Å². The fourth-order valence-corrected chi connectivity index (χ4v) is 3.67. The maximum atomic E-state index is 5.44. The molecule has 1 aromatic heterocycles. The van der Waals surface area contributed by atoms with Gasteiger partial charge in [0.15, 0.2) is 5.96 Å². The zero-order valence-electron chi connectivity index (χ0n) is 15.8. The average molecular weight is 480 g/mol. The Labute approximate surface area is 173 Å². The molecule has 0 radical (unpaired) electrons. The van der Waals surface area contributed by atoms with Gasteiger partial charge < -0.3 is 15.0 Å². The van der Waals surface area contributed by atoms with Gasteiger partial charge in [0.05, 0.1) is 10.7 Å². The summed E-state index contributed by atoms with van der Waals surface area (Å²) < 4.78 is 5.44. The van der Waals surface area contributed by atoms with Crippen molar-refractivity contribution in [3.8, 4) is 0 Å². The van der Waals surface area contributed by atoms with Gasteiger partial charge in [-0.25, -0.2) is 4.98 Å². The van der Waals surface area contributed by atoms with Crippen LogP contribution in [-0.2, 0) is 17.6 Å². The number of hydrogen-bond acceptors (Lipinski definition) is 4. The molecular formula is C18H33IN4OS. The summed E-state index contributed by atoms with van der Waals surface area (Å²) in [4.78, 5) is 11.7. The first-order chi connectivity index (χ1) is 11.7. The molecule has 1 fully saturated rings. The highest BCUT2D eigenvalue weighted by molar-refractivity contribution is 14.0. The minimum atomic E-state index is 0. The van der Waals surface area contributed by atoms with Gasteiger partial charge in [0.2, 0.25) is 0 Å². The number of nitrogens with zero attached hydrogens (tertiary/aromatic N) is 3. The van der Waals surface area contributed by atoms with Crippen molar-refractivity contribution in [2.45, 2.75) is 46.0 Å². The maximum absolute atomic E-state index is 5.44. The van der Waals surface area contributed by atoms with Crippen LogP contribution >= 0.6 is 35.3 Å². The molecule has 1 aliphatic heterocycles. The lowest BCUT2D eigenvalue weighted by atomic mass is 9.96. The second-order valence-corrected chi connectivity index (χ2v) is 7.28. The quantitative estimate of drug-likeness (QED) is 0.351. The van der Waals surface area contributed by atoms with Gasteiger partial charge in [-0.15, -0.1) is 35.3 Å². The fraction of sp³-hybridized carbons (Fsp3) is 0.778. The third-order valence-electron chi connectivity index (χ3n) is 4.44. The Balaban J connectivity index is 0.00000312.